The fourth-order valence-corrected chi connectivity index (χ4v) is 2.34. The van der Waals surface area contributed by atoms with Crippen LogP contribution in [0.25, 0.3) is 0 Å². The summed E-state index contributed by atoms with van der Waals surface area (Å²) in [5.41, 5.74) is -2.10. The topological polar surface area (TPSA) is 55.2 Å². The Balaban J connectivity index is 2.53. The monoisotopic (exact) mass is 266 g/mol. The maximum absolute atomic E-state index is 13.4. The van der Waals surface area contributed by atoms with Crippen molar-refractivity contribution >= 4 is 0 Å². The Morgan fingerprint density at radius 3 is 2.50 bits per heavy atom. The van der Waals surface area contributed by atoms with Crippen LogP contribution >= 0.6 is 0 Å². The van der Waals surface area contributed by atoms with Crippen LogP contribution in [-0.2, 0) is 0 Å². The van der Waals surface area contributed by atoms with E-state index in [9.17, 15) is 27.7 Å². The van der Waals surface area contributed by atoms with E-state index in [1.165, 1.54) is 7.05 Å². The largest absolute Gasteiger partial charge is 0.308 e. The second-order valence-corrected chi connectivity index (χ2v) is 4.35. The SMILES string of the molecule is CNC1CC2=C(C=C1[N+](=O)[O-])C(F)(F)CC2(F)F. The molecule has 1 atom stereocenters. The first-order valence-electron chi connectivity index (χ1n) is 5.22. The minimum atomic E-state index is -3.71. The number of nitrogens with zero attached hydrogens (tertiary/aromatic N) is 1. The van der Waals surface area contributed by atoms with Gasteiger partial charge in [-0.3, -0.25) is 10.1 Å². The number of nitro groups is 1. The zero-order valence-electron chi connectivity index (χ0n) is 9.34. The minimum Gasteiger partial charge on any atom is -0.308 e. The van der Waals surface area contributed by atoms with Crippen LogP contribution in [0.3, 0.4) is 0 Å². The molecule has 0 aromatic rings. The zero-order chi connectivity index (χ0) is 13.7. The van der Waals surface area contributed by atoms with Crippen LogP contribution in [0.2, 0.25) is 0 Å². The molecule has 0 aromatic carbocycles. The summed E-state index contributed by atoms with van der Waals surface area (Å²) in [6, 6.07) is -0.974. The van der Waals surface area contributed by atoms with Gasteiger partial charge in [-0.05, 0) is 7.05 Å². The van der Waals surface area contributed by atoms with Crippen LogP contribution in [0.5, 0.6) is 0 Å². The summed E-state index contributed by atoms with van der Waals surface area (Å²) in [4.78, 5) is 9.90. The quantitative estimate of drug-likeness (QED) is 0.473. The molecule has 1 N–H and O–H groups in total. The summed E-state index contributed by atoms with van der Waals surface area (Å²) in [7, 11) is 1.36. The van der Waals surface area contributed by atoms with Gasteiger partial charge in [0.1, 0.15) is 6.04 Å². The summed E-state index contributed by atoms with van der Waals surface area (Å²) < 4.78 is 53.7. The second kappa shape index (κ2) is 3.78. The van der Waals surface area contributed by atoms with E-state index in [2.05, 4.69) is 5.32 Å². The number of alkyl halides is 4. The van der Waals surface area contributed by atoms with Crippen LogP contribution in [-0.4, -0.2) is 29.9 Å². The third kappa shape index (κ3) is 1.80. The molecule has 100 valence electrons. The first-order chi connectivity index (χ1) is 8.19. The van der Waals surface area contributed by atoms with Gasteiger partial charge >= 0.3 is 0 Å². The number of likely N-dealkylation sites (N-methyl/N-ethyl adjacent to an activating group) is 1. The molecule has 1 unspecified atom stereocenters. The van der Waals surface area contributed by atoms with E-state index in [1.54, 1.807) is 0 Å². The van der Waals surface area contributed by atoms with Crippen molar-refractivity contribution in [2.75, 3.05) is 7.05 Å². The standard InChI is InChI=1S/C10H10F4N2O2/c1-15-7-2-5-6(3-8(7)16(17)18)10(13,14)4-9(5,11)12/h3,7,15H,2,4H2,1H3. The molecule has 0 bridgehead atoms. The molecule has 2 rings (SSSR count). The summed E-state index contributed by atoms with van der Waals surface area (Å²) in [6.45, 7) is 0. The van der Waals surface area contributed by atoms with Gasteiger partial charge in [-0.25, -0.2) is 17.6 Å². The van der Waals surface area contributed by atoms with Gasteiger partial charge < -0.3 is 5.32 Å². The molecule has 18 heavy (non-hydrogen) atoms. The minimum absolute atomic E-state index is 0.471. The number of halogens is 4. The highest BCUT2D eigenvalue weighted by atomic mass is 19.3. The predicted molar refractivity (Wildman–Crippen MR) is 54.1 cm³/mol. The highest BCUT2D eigenvalue weighted by molar-refractivity contribution is 5.46. The van der Waals surface area contributed by atoms with E-state index in [-0.39, 0.29) is 0 Å². The zero-order valence-corrected chi connectivity index (χ0v) is 9.34. The van der Waals surface area contributed by atoms with E-state index in [1.807, 2.05) is 0 Å². The molecule has 0 radical (unpaired) electrons. The predicted octanol–water partition coefficient (Wildman–Crippen LogP) is 2.11. The van der Waals surface area contributed by atoms with Gasteiger partial charge in [-0.15, -0.1) is 0 Å². The van der Waals surface area contributed by atoms with Crippen molar-refractivity contribution in [3.63, 3.8) is 0 Å². The highest BCUT2D eigenvalue weighted by Crippen LogP contribution is 2.53. The van der Waals surface area contributed by atoms with Crippen molar-refractivity contribution in [1.82, 2.24) is 5.32 Å². The molecule has 2 aliphatic rings. The maximum Gasteiger partial charge on any atom is 0.279 e. The molecule has 0 saturated carbocycles. The third-order valence-corrected chi connectivity index (χ3v) is 3.22. The summed E-state index contributed by atoms with van der Waals surface area (Å²) >= 11 is 0. The molecule has 0 fully saturated rings. The molecule has 0 saturated heterocycles. The van der Waals surface area contributed by atoms with Gasteiger partial charge in [0.15, 0.2) is 0 Å². The van der Waals surface area contributed by atoms with Gasteiger partial charge in [0, 0.05) is 23.6 Å². The third-order valence-electron chi connectivity index (χ3n) is 3.22. The van der Waals surface area contributed by atoms with Crippen LogP contribution < -0.4 is 5.32 Å². The van der Waals surface area contributed by atoms with E-state index < -0.39 is 52.5 Å². The number of nitrogens with one attached hydrogen (secondary N) is 1. The lowest BCUT2D eigenvalue weighted by atomic mass is 9.92. The van der Waals surface area contributed by atoms with Crippen molar-refractivity contribution in [2.24, 2.45) is 0 Å². The molecule has 4 nitrogen and oxygen atoms in total. The van der Waals surface area contributed by atoms with Crippen molar-refractivity contribution < 1.29 is 22.5 Å². The van der Waals surface area contributed by atoms with Gasteiger partial charge in [-0.2, -0.15) is 0 Å². The smallest absolute Gasteiger partial charge is 0.279 e. The number of rotatable bonds is 2. The molecule has 8 heteroatoms. The van der Waals surface area contributed by atoms with Crippen molar-refractivity contribution in [1.29, 1.82) is 0 Å². The lowest BCUT2D eigenvalue weighted by Crippen LogP contribution is -2.35. The fourth-order valence-electron chi connectivity index (χ4n) is 2.34. The first-order valence-corrected chi connectivity index (χ1v) is 5.22. The normalized spacial score (nSPS) is 28.9. The van der Waals surface area contributed by atoms with Crippen molar-refractivity contribution in [3.8, 4) is 0 Å². The molecule has 0 amide bonds. The number of hydrogen-bond donors (Lipinski definition) is 1. The number of hydrogen-bond acceptors (Lipinski definition) is 3. The number of allylic oxidation sites excluding steroid dienone is 2. The maximum atomic E-state index is 13.4. The van der Waals surface area contributed by atoms with Gasteiger partial charge in [0.25, 0.3) is 17.5 Å². The Bertz CT molecular complexity index is 470. The summed E-state index contributed by atoms with van der Waals surface area (Å²) in [5, 5.41) is 13.2. The molecular formula is C10H10F4N2O2. The van der Waals surface area contributed by atoms with Crippen LogP contribution in [0, 0.1) is 10.1 Å². The lowest BCUT2D eigenvalue weighted by Gasteiger charge is -2.22. The molecule has 0 spiro atoms. The Labute approximate surface area is 99.5 Å². The Hall–Kier alpha value is -1.44. The molecule has 0 aliphatic heterocycles. The van der Waals surface area contributed by atoms with Gasteiger partial charge in [0.05, 0.1) is 11.3 Å². The van der Waals surface area contributed by atoms with E-state index >= 15 is 0 Å². The van der Waals surface area contributed by atoms with E-state index in [0.717, 1.165) is 0 Å². The average molecular weight is 266 g/mol. The summed E-state index contributed by atoms with van der Waals surface area (Å²) in [5.74, 6) is -7.31. The van der Waals surface area contributed by atoms with Crippen molar-refractivity contribution in [2.45, 2.75) is 30.7 Å². The van der Waals surface area contributed by atoms with Crippen LogP contribution in [0.4, 0.5) is 17.6 Å². The summed E-state index contributed by atoms with van der Waals surface area (Å²) in [6.07, 6.45) is -1.50. The van der Waals surface area contributed by atoms with Crippen LogP contribution in [0.15, 0.2) is 22.9 Å². The van der Waals surface area contributed by atoms with E-state index in [4.69, 9.17) is 0 Å². The fraction of sp³-hybridized carbons (Fsp3) is 0.600. The average Bonchev–Trinajstić information content (AvgIpc) is 2.42. The molecule has 2 aliphatic carbocycles. The van der Waals surface area contributed by atoms with Gasteiger partial charge in [-0.1, -0.05) is 0 Å². The lowest BCUT2D eigenvalue weighted by molar-refractivity contribution is -0.430. The highest BCUT2D eigenvalue weighted by Gasteiger charge is 2.59. The van der Waals surface area contributed by atoms with Gasteiger partial charge in [0.2, 0.25) is 0 Å². The molecular weight excluding hydrogens is 256 g/mol. The Kier molecular flexibility index (Phi) is 2.73. The van der Waals surface area contributed by atoms with E-state index in [0.29, 0.717) is 6.08 Å². The molecule has 0 aromatic heterocycles. The Morgan fingerprint density at radius 2 is 2.00 bits per heavy atom. The first kappa shape index (κ1) is 13.0. The Morgan fingerprint density at radius 1 is 1.39 bits per heavy atom. The van der Waals surface area contributed by atoms with Crippen LogP contribution in [0.1, 0.15) is 12.8 Å². The van der Waals surface area contributed by atoms with Crippen molar-refractivity contribution in [3.05, 3.63) is 33.0 Å². The molecule has 0 heterocycles. The second-order valence-electron chi connectivity index (χ2n) is 4.35.